The van der Waals surface area contributed by atoms with E-state index in [1.807, 2.05) is 6.92 Å². The van der Waals surface area contributed by atoms with Gasteiger partial charge in [0.15, 0.2) is 0 Å². The Balaban J connectivity index is 2.79. The van der Waals surface area contributed by atoms with Crippen LogP contribution in [0.1, 0.15) is 13.3 Å². The van der Waals surface area contributed by atoms with Crippen molar-refractivity contribution in [1.82, 2.24) is 5.32 Å². The fourth-order valence-corrected chi connectivity index (χ4v) is 1.96. The van der Waals surface area contributed by atoms with Gasteiger partial charge in [0, 0.05) is 0 Å². The van der Waals surface area contributed by atoms with E-state index in [1.165, 1.54) is 0 Å². The van der Waals surface area contributed by atoms with Crippen molar-refractivity contribution < 1.29 is 25.5 Å². The van der Waals surface area contributed by atoms with Crippen molar-refractivity contribution >= 4 is 0 Å². The van der Waals surface area contributed by atoms with E-state index >= 15 is 0 Å². The first-order valence-electron chi connectivity index (χ1n) is 5.77. The van der Waals surface area contributed by atoms with Gasteiger partial charge in [-0.2, -0.15) is 0 Å². The minimum absolute atomic E-state index is 0.270. The Kier molecular flexibility index (Phi) is 5.51. The summed E-state index contributed by atoms with van der Waals surface area (Å²) in [6, 6.07) is -1.15. The molecule has 6 nitrogen and oxygen atoms in total. The summed E-state index contributed by atoms with van der Waals surface area (Å²) in [4.78, 5) is 0. The molecule has 0 saturated heterocycles. The van der Waals surface area contributed by atoms with E-state index in [1.54, 1.807) is 6.08 Å². The molecule has 0 radical (unpaired) electrons. The molecule has 6 N–H and O–H groups in total. The Morgan fingerprint density at radius 1 is 1.18 bits per heavy atom. The predicted octanol–water partition coefficient (Wildman–Crippen LogP) is -2.27. The molecule has 0 fully saturated rings. The lowest BCUT2D eigenvalue weighted by Gasteiger charge is -2.36. The van der Waals surface area contributed by atoms with Gasteiger partial charge in [-0.3, -0.25) is 0 Å². The minimum Gasteiger partial charge on any atom is -0.395 e. The van der Waals surface area contributed by atoms with Crippen LogP contribution in [0.3, 0.4) is 0 Å². The van der Waals surface area contributed by atoms with Crippen LogP contribution >= 0.6 is 0 Å². The Labute approximate surface area is 100 Å². The Morgan fingerprint density at radius 2 is 1.76 bits per heavy atom. The fourth-order valence-electron chi connectivity index (χ4n) is 1.96. The van der Waals surface area contributed by atoms with E-state index < -0.39 is 30.4 Å². The zero-order valence-corrected chi connectivity index (χ0v) is 9.82. The van der Waals surface area contributed by atoms with Crippen LogP contribution in [-0.2, 0) is 0 Å². The van der Waals surface area contributed by atoms with Crippen molar-refractivity contribution in [3.63, 3.8) is 0 Å². The second-order valence-corrected chi connectivity index (χ2v) is 4.28. The van der Waals surface area contributed by atoms with Crippen molar-refractivity contribution in [3.05, 3.63) is 11.6 Å². The number of aliphatic hydroxyl groups is 5. The minimum atomic E-state index is -1.26. The van der Waals surface area contributed by atoms with Gasteiger partial charge in [-0.05, 0) is 12.0 Å². The molecule has 0 aliphatic heterocycles. The van der Waals surface area contributed by atoms with Gasteiger partial charge in [0.2, 0.25) is 0 Å². The lowest BCUT2D eigenvalue weighted by Crippen LogP contribution is -2.56. The molecule has 4 atom stereocenters. The SMILES string of the molecule is CCC1=C[C@H](NC(CO)CO)[C@H](O)C(O)[C@@H]1O. The van der Waals surface area contributed by atoms with Crippen molar-refractivity contribution in [2.75, 3.05) is 13.2 Å². The zero-order chi connectivity index (χ0) is 13.0. The standard InChI is InChI=1S/C11H21NO5/c1-2-6-3-8(12-7(4-13)5-14)10(16)11(17)9(6)15/h3,7-17H,2,4-5H2,1H3/t8-,9+,10-,11?/m0/s1. The van der Waals surface area contributed by atoms with Crippen LogP contribution < -0.4 is 5.32 Å². The van der Waals surface area contributed by atoms with Gasteiger partial charge in [-0.15, -0.1) is 0 Å². The number of hydrogen-bond acceptors (Lipinski definition) is 6. The monoisotopic (exact) mass is 247 g/mol. The molecule has 0 saturated carbocycles. The normalized spacial score (nSPS) is 33.9. The molecule has 0 bridgehead atoms. The summed E-state index contributed by atoms with van der Waals surface area (Å²) in [5.41, 5.74) is 0.634. The Hall–Kier alpha value is -0.500. The van der Waals surface area contributed by atoms with Crippen molar-refractivity contribution in [2.45, 2.75) is 43.7 Å². The molecular weight excluding hydrogens is 226 g/mol. The molecule has 0 aromatic rings. The Morgan fingerprint density at radius 3 is 2.24 bits per heavy atom. The summed E-state index contributed by atoms with van der Waals surface area (Å²) >= 11 is 0. The molecule has 1 aliphatic rings. The molecule has 1 unspecified atom stereocenters. The summed E-state index contributed by atoms with van der Waals surface area (Å²) in [6.07, 6.45) is -1.28. The highest BCUT2D eigenvalue weighted by Crippen LogP contribution is 2.22. The lowest BCUT2D eigenvalue weighted by atomic mass is 9.86. The average Bonchev–Trinajstić information content (AvgIpc) is 2.35. The summed E-state index contributed by atoms with van der Waals surface area (Å²) in [6.45, 7) is 1.30. The first-order chi connectivity index (χ1) is 8.04. The average molecular weight is 247 g/mol. The third kappa shape index (κ3) is 3.25. The lowest BCUT2D eigenvalue weighted by molar-refractivity contribution is -0.0647. The number of hydrogen-bond donors (Lipinski definition) is 6. The van der Waals surface area contributed by atoms with Crippen LogP contribution in [0.2, 0.25) is 0 Å². The molecule has 17 heavy (non-hydrogen) atoms. The van der Waals surface area contributed by atoms with Gasteiger partial charge < -0.3 is 30.8 Å². The van der Waals surface area contributed by atoms with Crippen molar-refractivity contribution in [3.8, 4) is 0 Å². The highest BCUT2D eigenvalue weighted by atomic mass is 16.4. The quantitative estimate of drug-likeness (QED) is 0.305. The number of aliphatic hydroxyl groups excluding tert-OH is 5. The second-order valence-electron chi connectivity index (χ2n) is 4.28. The van der Waals surface area contributed by atoms with Gasteiger partial charge >= 0.3 is 0 Å². The van der Waals surface area contributed by atoms with Gasteiger partial charge in [0.05, 0.1) is 25.3 Å². The van der Waals surface area contributed by atoms with Gasteiger partial charge in [-0.25, -0.2) is 0 Å². The summed E-state index contributed by atoms with van der Waals surface area (Å²) in [5, 5.41) is 49.8. The van der Waals surface area contributed by atoms with E-state index in [-0.39, 0.29) is 13.2 Å². The third-order valence-electron chi connectivity index (χ3n) is 3.09. The number of nitrogens with one attached hydrogen (secondary N) is 1. The molecule has 1 rings (SSSR count). The van der Waals surface area contributed by atoms with Crippen LogP contribution in [0.25, 0.3) is 0 Å². The molecule has 1 aliphatic carbocycles. The van der Waals surface area contributed by atoms with Crippen LogP contribution in [0, 0.1) is 0 Å². The second kappa shape index (κ2) is 6.44. The van der Waals surface area contributed by atoms with Gasteiger partial charge in [0.1, 0.15) is 18.3 Å². The maximum atomic E-state index is 9.78. The third-order valence-corrected chi connectivity index (χ3v) is 3.09. The van der Waals surface area contributed by atoms with E-state index in [0.717, 1.165) is 0 Å². The molecule has 0 heterocycles. The molecular formula is C11H21NO5. The van der Waals surface area contributed by atoms with Crippen molar-refractivity contribution in [2.24, 2.45) is 0 Å². The molecule has 0 aromatic carbocycles. The first kappa shape index (κ1) is 14.6. The molecule has 100 valence electrons. The van der Waals surface area contributed by atoms with Gasteiger partial charge in [-0.1, -0.05) is 13.0 Å². The number of rotatable bonds is 5. The van der Waals surface area contributed by atoms with Crippen molar-refractivity contribution in [1.29, 1.82) is 0 Å². The summed E-state index contributed by atoms with van der Waals surface area (Å²) < 4.78 is 0. The summed E-state index contributed by atoms with van der Waals surface area (Å²) in [7, 11) is 0. The predicted molar refractivity (Wildman–Crippen MR) is 61.3 cm³/mol. The van der Waals surface area contributed by atoms with Gasteiger partial charge in [0.25, 0.3) is 0 Å². The van der Waals surface area contributed by atoms with Crippen LogP contribution in [-0.4, -0.2) is 69.1 Å². The van der Waals surface area contributed by atoms with Crippen LogP contribution in [0.15, 0.2) is 11.6 Å². The highest BCUT2D eigenvalue weighted by molar-refractivity contribution is 5.21. The summed E-state index contributed by atoms with van der Waals surface area (Å²) in [5.74, 6) is 0. The first-order valence-corrected chi connectivity index (χ1v) is 5.77. The van der Waals surface area contributed by atoms with Crippen LogP contribution in [0.5, 0.6) is 0 Å². The molecule has 0 spiro atoms. The molecule has 0 amide bonds. The van der Waals surface area contributed by atoms with E-state index in [9.17, 15) is 15.3 Å². The van der Waals surface area contributed by atoms with E-state index in [0.29, 0.717) is 12.0 Å². The van der Waals surface area contributed by atoms with E-state index in [4.69, 9.17) is 10.2 Å². The van der Waals surface area contributed by atoms with Crippen LogP contribution in [0.4, 0.5) is 0 Å². The zero-order valence-electron chi connectivity index (χ0n) is 9.82. The molecule has 6 heteroatoms. The molecule has 0 aromatic heterocycles. The largest absolute Gasteiger partial charge is 0.395 e. The topological polar surface area (TPSA) is 113 Å². The smallest absolute Gasteiger partial charge is 0.111 e. The maximum Gasteiger partial charge on any atom is 0.111 e. The highest BCUT2D eigenvalue weighted by Gasteiger charge is 2.37. The maximum absolute atomic E-state index is 9.78. The fraction of sp³-hybridized carbons (Fsp3) is 0.818. The van der Waals surface area contributed by atoms with E-state index in [2.05, 4.69) is 5.32 Å². The Bertz CT molecular complexity index is 267.